The Hall–Kier alpha value is -4.24. The van der Waals surface area contributed by atoms with Gasteiger partial charge in [-0.05, 0) is 12.8 Å². The Morgan fingerprint density at radius 3 is 1.88 bits per heavy atom. The normalized spacial score (nSPS) is 10.5. The van der Waals surface area contributed by atoms with E-state index < -0.39 is 0 Å². The molecule has 2 aromatic heterocycles. The maximum absolute atomic E-state index is 12.0. The first kappa shape index (κ1) is 31.3. The largest absolute Gasteiger partial charge is 0.464 e. The first-order chi connectivity index (χ1) is 20.1. The first-order valence-electron chi connectivity index (χ1n) is 14.2. The molecule has 0 spiro atoms. The van der Waals surface area contributed by atoms with Crippen LogP contribution in [0.2, 0.25) is 0 Å². The highest BCUT2D eigenvalue weighted by molar-refractivity contribution is 5.70. The number of aliphatic hydroxyl groups excluding tert-OH is 1. The van der Waals surface area contributed by atoms with Gasteiger partial charge in [0.15, 0.2) is 5.82 Å². The zero-order valence-electron chi connectivity index (χ0n) is 23.7. The van der Waals surface area contributed by atoms with Crippen LogP contribution in [-0.4, -0.2) is 49.5 Å². The molecule has 41 heavy (non-hydrogen) atoms. The number of benzene rings is 2. The van der Waals surface area contributed by atoms with Crippen molar-refractivity contribution in [1.82, 2.24) is 19.3 Å². The topological polar surface area (TPSA) is 108 Å². The number of aliphatic hydroxyl groups is 1. The number of carbonyl (C=O) groups is 2. The Morgan fingerprint density at radius 1 is 0.732 bits per heavy atom. The van der Waals surface area contributed by atoms with Crippen LogP contribution in [0.4, 0.5) is 0 Å². The molecule has 0 aliphatic heterocycles. The Labute approximate surface area is 241 Å². The standard InChI is InChI=1S/C21H30N2O3.C11H10N2O2/c24-16-10-5-3-1-2-4-6-11-17-26-20(25)18-23-15-14-22-21(23)19-12-8-7-9-13-19;1-9(14)15-13-8-7-12-11(13)10-5-3-2-4-6-10/h7-9,12-15,24H,1-6,10-11,16-18H2;2-8H,1H3. The van der Waals surface area contributed by atoms with Crippen LogP contribution in [0.25, 0.3) is 22.8 Å². The van der Waals surface area contributed by atoms with Crippen molar-refractivity contribution < 1.29 is 24.3 Å². The van der Waals surface area contributed by atoms with E-state index in [1.807, 2.05) is 65.2 Å². The summed E-state index contributed by atoms with van der Waals surface area (Å²) in [7, 11) is 0. The summed E-state index contributed by atoms with van der Waals surface area (Å²) in [5.41, 5.74) is 1.90. The van der Waals surface area contributed by atoms with Crippen LogP contribution >= 0.6 is 0 Å². The average molecular weight is 561 g/mol. The minimum atomic E-state index is -0.370. The Morgan fingerprint density at radius 2 is 1.27 bits per heavy atom. The molecule has 0 radical (unpaired) electrons. The van der Waals surface area contributed by atoms with Gasteiger partial charge in [-0.2, -0.15) is 4.73 Å². The summed E-state index contributed by atoms with van der Waals surface area (Å²) in [6, 6.07) is 19.4. The number of hydrogen-bond donors (Lipinski definition) is 1. The second-order valence-electron chi connectivity index (χ2n) is 9.54. The minimum absolute atomic E-state index is 0.190. The Balaban J connectivity index is 0.000000260. The lowest BCUT2D eigenvalue weighted by atomic mass is 10.1. The van der Waals surface area contributed by atoms with Crippen LogP contribution in [0.15, 0.2) is 85.5 Å². The van der Waals surface area contributed by atoms with E-state index in [0.29, 0.717) is 19.0 Å². The number of rotatable bonds is 15. The average Bonchev–Trinajstić information content (AvgIpc) is 3.64. The molecule has 1 N–H and O–H groups in total. The lowest BCUT2D eigenvalue weighted by Gasteiger charge is -2.08. The summed E-state index contributed by atoms with van der Waals surface area (Å²) in [5.74, 6) is 0.809. The molecule has 4 aromatic rings. The molecule has 0 unspecified atom stereocenters. The van der Waals surface area contributed by atoms with Gasteiger partial charge in [-0.15, -0.1) is 0 Å². The fourth-order valence-corrected chi connectivity index (χ4v) is 4.22. The van der Waals surface area contributed by atoms with Crippen molar-refractivity contribution in [3.63, 3.8) is 0 Å². The van der Waals surface area contributed by atoms with Crippen molar-refractivity contribution in [3.8, 4) is 22.8 Å². The SMILES string of the molecule is CC(=O)On1ccnc1-c1ccccc1.O=C(Cn1ccnc1-c1ccccc1)OCCCCCCCCCCO. The summed E-state index contributed by atoms with van der Waals surface area (Å²) in [6.45, 7) is 2.33. The van der Waals surface area contributed by atoms with Crippen molar-refractivity contribution in [2.45, 2.75) is 64.8 Å². The van der Waals surface area contributed by atoms with E-state index in [2.05, 4.69) is 9.97 Å². The quantitative estimate of drug-likeness (QED) is 0.146. The van der Waals surface area contributed by atoms with Gasteiger partial charge >= 0.3 is 11.9 Å². The fraction of sp³-hybridized carbons (Fsp3) is 0.375. The van der Waals surface area contributed by atoms with Crippen LogP contribution in [0.3, 0.4) is 0 Å². The van der Waals surface area contributed by atoms with Gasteiger partial charge in [-0.25, -0.2) is 14.8 Å². The van der Waals surface area contributed by atoms with Crippen molar-refractivity contribution in [2.24, 2.45) is 0 Å². The van der Waals surface area contributed by atoms with Crippen molar-refractivity contribution in [1.29, 1.82) is 0 Å². The van der Waals surface area contributed by atoms with Gasteiger partial charge in [0.2, 0.25) is 0 Å². The Bertz CT molecular complexity index is 1290. The predicted molar refractivity (Wildman–Crippen MR) is 158 cm³/mol. The third kappa shape index (κ3) is 11.4. The second kappa shape index (κ2) is 18.2. The van der Waals surface area contributed by atoms with E-state index in [1.165, 1.54) is 37.3 Å². The van der Waals surface area contributed by atoms with Crippen LogP contribution in [0.1, 0.15) is 58.3 Å². The van der Waals surface area contributed by atoms with Gasteiger partial charge in [0.05, 0.1) is 12.8 Å². The van der Waals surface area contributed by atoms with E-state index in [9.17, 15) is 9.59 Å². The first-order valence-corrected chi connectivity index (χ1v) is 14.2. The van der Waals surface area contributed by atoms with Crippen LogP contribution < -0.4 is 4.84 Å². The molecule has 0 amide bonds. The molecule has 4 rings (SSSR count). The summed E-state index contributed by atoms with van der Waals surface area (Å²) < 4.78 is 8.53. The number of esters is 1. The molecule has 0 saturated heterocycles. The molecule has 0 bridgehead atoms. The van der Waals surface area contributed by atoms with Gasteiger partial charge in [-0.1, -0.05) is 99.2 Å². The lowest BCUT2D eigenvalue weighted by Crippen LogP contribution is -2.16. The van der Waals surface area contributed by atoms with E-state index in [0.717, 1.165) is 42.6 Å². The number of ether oxygens (including phenoxy) is 1. The molecule has 0 saturated carbocycles. The minimum Gasteiger partial charge on any atom is -0.464 e. The number of nitrogens with zero attached hydrogens (tertiary/aromatic N) is 4. The van der Waals surface area contributed by atoms with Gasteiger partial charge in [-0.3, -0.25) is 4.79 Å². The smallest absolute Gasteiger partial charge is 0.329 e. The molecule has 2 heterocycles. The second-order valence-corrected chi connectivity index (χ2v) is 9.54. The molecule has 9 heteroatoms. The van der Waals surface area contributed by atoms with Gasteiger partial charge in [0.25, 0.3) is 0 Å². The summed E-state index contributed by atoms with van der Waals surface area (Å²) in [6.07, 6.45) is 15.6. The molecule has 0 aliphatic carbocycles. The summed E-state index contributed by atoms with van der Waals surface area (Å²) in [5, 5.41) is 8.72. The number of imidazole rings is 2. The van der Waals surface area contributed by atoms with Gasteiger partial charge < -0.3 is 19.2 Å². The highest BCUT2D eigenvalue weighted by Gasteiger charge is 2.10. The van der Waals surface area contributed by atoms with E-state index >= 15 is 0 Å². The fourth-order valence-electron chi connectivity index (χ4n) is 4.22. The van der Waals surface area contributed by atoms with Crippen molar-refractivity contribution >= 4 is 11.9 Å². The number of hydrogen-bond acceptors (Lipinski definition) is 7. The third-order valence-corrected chi connectivity index (χ3v) is 6.23. The molecular weight excluding hydrogens is 520 g/mol. The molecule has 2 aromatic carbocycles. The maximum atomic E-state index is 12.0. The van der Waals surface area contributed by atoms with E-state index in [1.54, 1.807) is 24.8 Å². The molecule has 0 fully saturated rings. The Kier molecular flexibility index (Phi) is 13.9. The highest BCUT2D eigenvalue weighted by atomic mass is 16.7. The highest BCUT2D eigenvalue weighted by Crippen LogP contribution is 2.17. The van der Waals surface area contributed by atoms with Crippen molar-refractivity contribution in [3.05, 3.63) is 85.5 Å². The zero-order valence-corrected chi connectivity index (χ0v) is 23.7. The van der Waals surface area contributed by atoms with Crippen LogP contribution in [0.5, 0.6) is 0 Å². The zero-order chi connectivity index (χ0) is 29.1. The maximum Gasteiger partial charge on any atom is 0.329 e. The van der Waals surface area contributed by atoms with Gasteiger partial charge in [0.1, 0.15) is 12.4 Å². The molecule has 0 aliphatic rings. The monoisotopic (exact) mass is 560 g/mol. The molecule has 9 nitrogen and oxygen atoms in total. The predicted octanol–water partition coefficient (Wildman–Crippen LogP) is 5.73. The van der Waals surface area contributed by atoms with E-state index in [-0.39, 0.29) is 18.5 Å². The van der Waals surface area contributed by atoms with Crippen LogP contribution in [-0.2, 0) is 20.9 Å². The van der Waals surface area contributed by atoms with Gasteiger partial charge in [0, 0.05) is 43.2 Å². The molecular formula is C32H40N4O5. The lowest BCUT2D eigenvalue weighted by molar-refractivity contribution is -0.144. The third-order valence-electron chi connectivity index (χ3n) is 6.23. The summed E-state index contributed by atoms with van der Waals surface area (Å²) >= 11 is 0. The number of unbranched alkanes of at least 4 members (excludes halogenated alkanes) is 7. The van der Waals surface area contributed by atoms with Crippen molar-refractivity contribution in [2.75, 3.05) is 13.2 Å². The molecule has 218 valence electrons. The summed E-state index contributed by atoms with van der Waals surface area (Å²) in [4.78, 5) is 36.3. The number of carbonyl (C=O) groups excluding carboxylic acids is 2. The molecule has 0 atom stereocenters. The number of aromatic nitrogens is 4. The van der Waals surface area contributed by atoms with E-state index in [4.69, 9.17) is 14.7 Å². The van der Waals surface area contributed by atoms with Crippen LogP contribution in [0, 0.1) is 0 Å².